The van der Waals surface area contributed by atoms with E-state index in [1.54, 1.807) is 13.8 Å². The number of carboxylic acid groups (broad SMARTS) is 1. The first-order chi connectivity index (χ1) is 10.9. The number of aliphatic hydroxyl groups is 1. The summed E-state index contributed by atoms with van der Waals surface area (Å²) in [5.74, 6) is -2.92. The van der Waals surface area contributed by atoms with Gasteiger partial charge in [0.2, 0.25) is 11.8 Å². The molecular formula is C16H31N3O5. The molecule has 0 saturated carbocycles. The number of nitrogens with two attached hydrogens (primary N) is 2. The first-order valence-corrected chi connectivity index (χ1v) is 8.18. The Morgan fingerprint density at radius 2 is 1.54 bits per heavy atom. The second-order valence-electron chi connectivity index (χ2n) is 6.95. The lowest BCUT2D eigenvalue weighted by Crippen LogP contribution is -2.55. The minimum atomic E-state index is -1.37. The van der Waals surface area contributed by atoms with Gasteiger partial charge < -0.3 is 21.7 Å². The van der Waals surface area contributed by atoms with Crippen molar-refractivity contribution in [3.05, 3.63) is 0 Å². The Balaban J connectivity index is 5.26. The summed E-state index contributed by atoms with van der Waals surface area (Å²) >= 11 is 0. The Bertz CT molecular complexity index is 453. The number of amides is 2. The quantitative estimate of drug-likeness (QED) is 0.457. The van der Waals surface area contributed by atoms with Crippen LogP contribution in [0.1, 0.15) is 47.5 Å². The summed E-state index contributed by atoms with van der Waals surface area (Å²) in [6, 6.07) is -3.01. The summed E-state index contributed by atoms with van der Waals surface area (Å²) in [6.07, 6.45) is -1.09. The minimum absolute atomic E-state index is 0.231. The van der Waals surface area contributed by atoms with Crippen molar-refractivity contribution in [2.24, 2.45) is 23.3 Å². The molecule has 0 spiro atoms. The summed E-state index contributed by atoms with van der Waals surface area (Å²) in [4.78, 5) is 36.7. The molecule has 0 aliphatic carbocycles. The van der Waals surface area contributed by atoms with E-state index in [0.717, 1.165) is 0 Å². The van der Waals surface area contributed by atoms with Crippen LogP contribution in [-0.2, 0) is 14.4 Å². The Morgan fingerprint density at radius 1 is 1.04 bits per heavy atom. The maximum atomic E-state index is 12.4. The molecule has 0 fully saturated rings. The number of carbonyl (C=O) groups is 3. The average Bonchev–Trinajstić information content (AvgIpc) is 2.45. The van der Waals surface area contributed by atoms with Crippen LogP contribution in [-0.4, -0.2) is 57.1 Å². The topological polar surface area (TPSA) is 147 Å². The van der Waals surface area contributed by atoms with E-state index in [1.165, 1.54) is 6.92 Å². The first-order valence-electron chi connectivity index (χ1n) is 8.18. The van der Waals surface area contributed by atoms with E-state index in [1.807, 2.05) is 13.8 Å². The number of aliphatic carboxylic acids is 1. The number of nitrogens with zero attached hydrogens (tertiary/aromatic N) is 1. The molecule has 0 radical (unpaired) electrons. The molecule has 0 aliphatic heterocycles. The summed E-state index contributed by atoms with van der Waals surface area (Å²) in [6.45, 7) is 8.48. The zero-order valence-corrected chi connectivity index (χ0v) is 15.1. The largest absolute Gasteiger partial charge is 0.480 e. The summed E-state index contributed by atoms with van der Waals surface area (Å²) in [5, 5.41) is 19.2. The van der Waals surface area contributed by atoms with Crippen LogP contribution in [0.2, 0.25) is 0 Å². The highest BCUT2D eigenvalue weighted by Gasteiger charge is 2.36. The van der Waals surface area contributed by atoms with Crippen LogP contribution in [0.4, 0.5) is 0 Å². The summed E-state index contributed by atoms with van der Waals surface area (Å²) in [7, 11) is 0. The van der Waals surface area contributed by atoms with Crippen molar-refractivity contribution in [2.75, 3.05) is 0 Å². The maximum Gasteiger partial charge on any atom is 0.326 e. The third-order valence-electron chi connectivity index (χ3n) is 3.88. The van der Waals surface area contributed by atoms with Gasteiger partial charge in [-0.1, -0.05) is 27.7 Å². The van der Waals surface area contributed by atoms with E-state index >= 15 is 0 Å². The lowest BCUT2D eigenvalue weighted by Gasteiger charge is -2.30. The van der Waals surface area contributed by atoms with Crippen molar-refractivity contribution >= 4 is 17.8 Å². The van der Waals surface area contributed by atoms with Gasteiger partial charge >= 0.3 is 5.97 Å². The number of hydrogen-bond donors (Lipinski definition) is 4. The SMILES string of the molecule is CC(C)CC(N)C(O)CC(=O)N(C(=O)[C@@H](N)C(C)C)[C@@H](C)C(=O)O. The summed E-state index contributed by atoms with van der Waals surface area (Å²) < 4.78 is 0. The smallest absolute Gasteiger partial charge is 0.326 e. The van der Waals surface area contributed by atoms with Crippen molar-refractivity contribution in [1.29, 1.82) is 0 Å². The Hall–Kier alpha value is -1.51. The van der Waals surface area contributed by atoms with E-state index in [9.17, 15) is 19.5 Å². The van der Waals surface area contributed by atoms with Gasteiger partial charge in [-0.3, -0.25) is 14.5 Å². The van der Waals surface area contributed by atoms with Gasteiger partial charge in [0.15, 0.2) is 0 Å². The molecule has 4 atom stereocenters. The standard InChI is InChI=1S/C16H31N3O5/c1-8(2)6-11(17)12(20)7-13(21)19(10(5)16(23)24)15(22)14(18)9(3)4/h8-12,14,20H,6-7,17-18H2,1-5H3,(H,23,24)/t10-,11?,12?,14-/m0/s1. The third-order valence-corrected chi connectivity index (χ3v) is 3.88. The predicted octanol–water partition coefficient (Wildman–Crippen LogP) is -0.0776. The molecule has 8 nitrogen and oxygen atoms in total. The van der Waals surface area contributed by atoms with Gasteiger partial charge in [0.1, 0.15) is 6.04 Å². The van der Waals surface area contributed by atoms with E-state index in [0.29, 0.717) is 11.3 Å². The third kappa shape index (κ3) is 6.54. The molecule has 0 heterocycles. The molecule has 2 unspecified atom stereocenters. The van der Waals surface area contributed by atoms with Crippen molar-refractivity contribution in [2.45, 2.75) is 71.7 Å². The molecule has 0 bridgehead atoms. The molecule has 0 aromatic heterocycles. The van der Waals surface area contributed by atoms with Crippen LogP contribution in [0.5, 0.6) is 0 Å². The fourth-order valence-electron chi connectivity index (χ4n) is 2.22. The van der Waals surface area contributed by atoms with Crippen molar-refractivity contribution in [3.8, 4) is 0 Å². The molecule has 0 aromatic carbocycles. The van der Waals surface area contributed by atoms with Crippen molar-refractivity contribution in [1.82, 2.24) is 4.90 Å². The van der Waals surface area contributed by atoms with Gasteiger partial charge in [0.25, 0.3) is 0 Å². The van der Waals surface area contributed by atoms with Crippen LogP contribution in [0.25, 0.3) is 0 Å². The number of carbonyl (C=O) groups excluding carboxylic acids is 2. The molecule has 8 heteroatoms. The fourth-order valence-corrected chi connectivity index (χ4v) is 2.22. The van der Waals surface area contributed by atoms with Gasteiger partial charge in [-0.2, -0.15) is 0 Å². The van der Waals surface area contributed by atoms with E-state index in [4.69, 9.17) is 16.6 Å². The maximum absolute atomic E-state index is 12.4. The fraction of sp³-hybridized carbons (Fsp3) is 0.812. The number of imide groups is 1. The highest BCUT2D eigenvalue weighted by Crippen LogP contribution is 2.14. The highest BCUT2D eigenvalue weighted by atomic mass is 16.4. The zero-order valence-electron chi connectivity index (χ0n) is 15.1. The second-order valence-corrected chi connectivity index (χ2v) is 6.95. The molecule has 0 rings (SSSR count). The molecule has 6 N–H and O–H groups in total. The van der Waals surface area contributed by atoms with E-state index < -0.39 is 48.4 Å². The van der Waals surface area contributed by atoms with Crippen molar-refractivity contribution in [3.63, 3.8) is 0 Å². The van der Waals surface area contributed by atoms with Crippen molar-refractivity contribution < 1.29 is 24.6 Å². The molecule has 0 aromatic rings. The van der Waals surface area contributed by atoms with Crippen LogP contribution < -0.4 is 11.5 Å². The molecule has 2 amide bonds. The van der Waals surface area contributed by atoms with E-state index in [-0.39, 0.29) is 11.8 Å². The van der Waals surface area contributed by atoms with Crippen LogP contribution in [0.15, 0.2) is 0 Å². The molecule has 0 aliphatic rings. The lowest BCUT2D eigenvalue weighted by molar-refractivity contribution is -0.159. The van der Waals surface area contributed by atoms with Crippen LogP contribution >= 0.6 is 0 Å². The number of hydrogen-bond acceptors (Lipinski definition) is 6. The lowest BCUT2D eigenvalue weighted by atomic mass is 9.97. The number of aliphatic hydroxyl groups excluding tert-OH is 1. The average molecular weight is 345 g/mol. The Morgan fingerprint density at radius 3 is 1.92 bits per heavy atom. The van der Waals surface area contributed by atoms with Gasteiger partial charge in [-0.15, -0.1) is 0 Å². The van der Waals surface area contributed by atoms with Gasteiger partial charge in [0.05, 0.1) is 18.6 Å². The molecule has 140 valence electrons. The van der Waals surface area contributed by atoms with Gasteiger partial charge in [-0.05, 0) is 25.2 Å². The first kappa shape index (κ1) is 22.5. The van der Waals surface area contributed by atoms with Crippen LogP contribution in [0.3, 0.4) is 0 Å². The monoisotopic (exact) mass is 345 g/mol. The normalized spacial score (nSPS) is 16.6. The zero-order chi connectivity index (χ0) is 19.2. The van der Waals surface area contributed by atoms with Crippen LogP contribution in [0, 0.1) is 11.8 Å². The highest BCUT2D eigenvalue weighted by molar-refractivity contribution is 6.01. The Labute approximate surface area is 143 Å². The van der Waals surface area contributed by atoms with Gasteiger partial charge in [-0.25, -0.2) is 4.79 Å². The molecule has 0 saturated heterocycles. The second kappa shape index (κ2) is 9.71. The number of rotatable bonds is 9. The number of carboxylic acids is 1. The molecular weight excluding hydrogens is 314 g/mol. The summed E-state index contributed by atoms with van der Waals surface area (Å²) in [5.41, 5.74) is 11.6. The van der Waals surface area contributed by atoms with E-state index in [2.05, 4.69) is 0 Å². The predicted molar refractivity (Wildman–Crippen MR) is 89.8 cm³/mol. The minimum Gasteiger partial charge on any atom is -0.480 e. The molecule has 24 heavy (non-hydrogen) atoms. The van der Waals surface area contributed by atoms with Gasteiger partial charge in [0, 0.05) is 6.04 Å². The Kier molecular flexibility index (Phi) is 9.09.